The Bertz CT molecular complexity index is 1510. The van der Waals surface area contributed by atoms with Gasteiger partial charge >= 0.3 is 18.5 Å². The van der Waals surface area contributed by atoms with Gasteiger partial charge in [-0.05, 0) is 17.7 Å². The van der Waals surface area contributed by atoms with E-state index < -0.39 is 59.0 Å². The fourth-order valence-electron chi connectivity index (χ4n) is 3.73. The van der Waals surface area contributed by atoms with Crippen molar-refractivity contribution >= 4 is 17.4 Å². The summed E-state index contributed by atoms with van der Waals surface area (Å²) in [5.74, 6) is -1.86. The summed E-state index contributed by atoms with van der Waals surface area (Å²) in [7, 11) is 0. The van der Waals surface area contributed by atoms with E-state index in [2.05, 4.69) is 14.7 Å². The van der Waals surface area contributed by atoms with Gasteiger partial charge in [0.15, 0.2) is 11.5 Å². The third kappa shape index (κ3) is 5.02. The van der Waals surface area contributed by atoms with Crippen LogP contribution in [0.1, 0.15) is 5.69 Å². The van der Waals surface area contributed by atoms with Crippen molar-refractivity contribution in [2.24, 2.45) is 0 Å². The number of alkyl halides is 5. The van der Waals surface area contributed by atoms with Crippen LogP contribution >= 0.6 is 11.6 Å². The van der Waals surface area contributed by atoms with Crippen LogP contribution in [-0.4, -0.2) is 44.9 Å². The number of nitriles is 1. The molecule has 1 fully saturated rings. The predicted octanol–water partition coefficient (Wildman–Crippen LogP) is 3.22. The van der Waals surface area contributed by atoms with Gasteiger partial charge < -0.3 is 9.64 Å². The number of benzene rings is 1. The molecule has 0 radical (unpaired) electrons. The van der Waals surface area contributed by atoms with Crippen molar-refractivity contribution in [3.05, 3.63) is 68.0 Å². The average molecular weight is 547 g/mol. The molecule has 0 saturated carbocycles. The van der Waals surface area contributed by atoms with Crippen LogP contribution in [-0.2, 0) is 17.5 Å². The van der Waals surface area contributed by atoms with Crippen molar-refractivity contribution in [2.45, 2.75) is 25.4 Å². The van der Waals surface area contributed by atoms with E-state index in [0.29, 0.717) is 6.20 Å². The van der Waals surface area contributed by atoms with Crippen molar-refractivity contribution < 1.29 is 31.1 Å². The first-order valence-corrected chi connectivity index (χ1v) is 10.6. The van der Waals surface area contributed by atoms with Crippen LogP contribution in [0.4, 0.5) is 32.2 Å². The van der Waals surface area contributed by atoms with Gasteiger partial charge in [-0.3, -0.25) is 14.3 Å². The molecule has 194 valence electrons. The number of hydrogen-bond donors (Lipinski definition) is 0. The van der Waals surface area contributed by atoms with Crippen molar-refractivity contribution in [2.75, 3.05) is 18.0 Å². The monoisotopic (exact) mass is 546 g/mol. The lowest BCUT2D eigenvalue weighted by Crippen LogP contribution is -2.56. The maximum Gasteiger partial charge on any atom is 0.434 e. The Kier molecular flexibility index (Phi) is 6.98. The third-order valence-electron chi connectivity index (χ3n) is 5.34. The minimum Gasteiger partial charge on any atom is -0.352 e. The van der Waals surface area contributed by atoms with Gasteiger partial charge in [0, 0.05) is 13.1 Å². The lowest BCUT2D eigenvalue weighted by atomic mass is 10.0. The first kappa shape index (κ1) is 26.2. The molecular formula is C21H13ClF6N6O3. The number of anilines is 1. The Balaban J connectivity index is 2.02. The zero-order valence-corrected chi connectivity index (χ0v) is 19.0. The van der Waals surface area contributed by atoms with Crippen LogP contribution < -0.4 is 16.1 Å². The Labute approximate surface area is 207 Å². The molecule has 0 aliphatic carbocycles. The Morgan fingerprint density at radius 2 is 1.92 bits per heavy atom. The fourth-order valence-corrected chi connectivity index (χ4v) is 3.91. The molecule has 0 bridgehead atoms. The highest BCUT2D eigenvalue weighted by atomic mass is 35.5. The summed E-state index contributed by atoms with van der Waals surface area (Å²) >= 11 is 5.87. The minimum absolute atomic E-state index is 0.0648. The summed E-state index contributed by atoms with van der Waals surface area (Å²) < 4.78 is 84.2. The van der Waals surface area contributed by atoms with Gasteiger partial charge in [0.2, 0.25) is 0 Å². The molecule has 0 amide bonds. The number of ether oxygens (including phenoxy) is 1. The van der Waals surface area contributed by atoms with E-state index in [-0.39, 0.29) is 34.6 Å². The van der Waals surface area contributed by atoms with Crippen LogP contribution in [0.3, 0.4) is 0 Å². The van der Waals surface area contributed by atoms with Gasteiger partial charge in [-0.25, -0.2) is 18.7 Å². The quantitative estimate of drug-likeness (QED) is 0.437. The summed E-state index contributed by atoms with van der Waals surface area (Å²) in [5.41, 5.74) is -4.36. The summed E-state index contributed by atoms with van der Waals surface area (Å²) in [6.45, 7) is -4.22. The second-order valence-corrected chi connectivity index (χ2v) is 8.09. The molecule has 1 aromatic carbocycles. The molecule has 1 aliphatic heterocycles. The van der Waals surface area contributed by atoms with Crippen molar-refractivity contribution in [3.63, 3.8) is 0 Å². The van der Waals surface area contributed by atoms with Crippen molar-refractivity contribution in [1.29, 1.82) is 5.26 Å². The molecule has 0 atom stereocenters. The van der Waals surface area contributed by atoms with Crippen LogP contribution in [0.2, 0.25) is 5.02 Å². The van der Waals surface area contributed by atoms with E-state index >= 15 is 0 Å². The van der Waals surface area contributed by atoms with Gasteiger partial charge in [-0.1, -0.05) is 17.7 Å². The molecule has 16 heteroatoms. The maximum atomic E-state index is 13.9. The van der Waals surface area contributed by atoms with E-state index in [9.17, 15) is 41.2 Å². The number of nitrogens with zero attached hydrogens (tertiary/aromatic N) is 6. The van der Waals surface area contributed by atoms with Gasteiger partial charge in [0.05, 0.1) is 35.2 Å². The fraction of sp³-hybridized carbons (Fsp3) is 0.286. The van der Waals surface area contributed by atoms with Crippen molar-refractivity contribution in [1.82, 2.24) is 19.1 Å². The Morgan fingerprint density at radius 3 is 2.51 bits per heavy atom. The highest BCUT2D eigenvalue weighted by Crippen LogP contribution is 2.33. The summed E-state index contributed by atoms with van der Waals surface area (Å²) in [6.07, 6.45) is -4.80. The molecule has 1 aliphatic rings. The predicted molar refractivity (Wildman–Crippen MR) is 116 cm³/mol. The van der Waals surface area contributed by atoms with Crippen LogP contribution in [0, 0.1) is 17.1 Å². The minimum atomic E-state index is -4.96. The second-order valence-electron chi connectivity index (χ2n) is 7.68. The first-order chi connectivity index (χ1) is 17.4. The standard InChI is InChI=1S/C21H13ClF6N6O3/c22-12-5-10(1-2-13(12)23)16-17(32-8-11(9-32)37-19(24)25)33(4-3-29)20(36)34(18(16)35)15-7-30-6-14(31-15)21(26,27)28/h1-2,5-7,11,19H,4,8-9H2. The van der Waals surface area contributed by atoms with E-state index in [1.165, 1.54) is 4.90 Å². The van der Waals surface area contributed by atoms with Gasteiger partial charge in [0.25, 0.3) is 5.56 Å². The van der Waals surface area contributed by atoms with Crippen LogP contribution in [0.5, 0.6) is 0 Å². The maximum absolute atomic E-state index is 13.9. The molecule has 2 aromatic heterocycles. The van der Waals surface area contributed by atoms with Gasteiger partial charge in [0.1, 0.15) is 18.2 Å². The molecule has 0 unspecified atom stereocenters. The highest BCUT2D eigenvalue weighted by Gasteiger charge is 2.37. The summed E-state index contributed by atoms with van der Waals surface area (Å²) in [6, 6.07) is 4.78. The topological polar surface area (TPSA) is 106 Å². The largest absolute Gasteiger partial charge is 0.434 e. The summed E-state index contributed by atoms with van der Waals surface area (Å²) in [5, 5.41) is 8.93. The normalized spacial score (nSPS) is 14.1. The van der Waals surface area contributed by atoms with E-state index in [4.69, 9.17) is 11.6 Å². The molecule has 1 saturated heterocycles. The molecule has 3 aromatic rings. The molecule has 9 nitrogen and oxygen atoms in total. The zero-order valence-electron chi connectivity index (χ0n) is 18.2. The second kappa shape index (κ2) is 9.87. The Morgan fingerprint density at radius 1 is 1.22 bits per heavy atom. The van der Waals surface area contributed by atoms with Crippen LogP contribution in [0.15, 0.2) is 40.2 Å². The van der Waals surface area contributed by atoms with Gasteiger partial charge in [-0.15, -0.1) is 0 Å². The molecular weight excluding hydrogens is 534 g/mol. The number of aromatic nitrogens is 4. The highest BCUT2D eigenvalue weighted by molar-refractivity contribution is 6.31. The zero-order chi connectivity index (χ0) is 27.1. The SMILES string of the molecule is N#CCn1c(N2CC(OC(F)F)C2)c(-c2ccc(F)c(Cl)c2)c(=O)n(-c2cncc(C(F)(F)F)n2)c1=O. The number of hydrogen-bond acceptors (Lipinski definition) is 7. The lowest BCUT2D eigenvalue weighted by molar-refractivity contribution is -0.167. The molecule has 37 heavy (non-hydrogen) atoms. The lowest BCUT2D eigenvalue weighted by Gasteiger charge is -2.41. The van der Waals surface area contributed by atoms with Crippen LogP contribution in [0.25, 0.3) is 16.9 Å². The molecule has 3 heterocycles. The van der Waals surface area contributed by atoms with Crippen molar-refractivity contribution in [3.8, 4) is 23.0 Å². The average Bonchev–Trinajstić information content (AvgIpc) is 2.79. The number of rotatable bonds is 6. The number of halogens is 7. The van der Waals surface area contributed by atoms with Gasteiger partial charge in [-0.2, -0.15) is 27.2 Å². The summed E-state index contributed by atoms with van der Waals surface area (Å²) in [4.78, 5) is 35.0. The smallest absolute Gasteiger partial charge is 0.352 e. The van der Waals surface area contributed by atoms with E-state index in [0.717, 1.165) is 29.0 Å². The first-order valence-electron chi connectivity index (χ1n) is 10.2. The van der Waals surface area contributed by atoms with E-state index in [1.807, 2.05) is 0 Å². The van der Waals surface area contributed by atoms with E-state index in [1.54, 1.807) is 6.07 Å². The third-order valence-corrected chi connectivity index (χ3v) is 5.63. The molecule has 4 rings (SSSR count). The molecule has 0 spiro atoms. The Hall–Kier alpha value is -3.90. The molecule has 0 N–H and O–H groups in total.